The van der Waals surface area contributed by atoms with Crippen molar-refractivity contribution in [2.75, 3.05) is 18.4 Å². The molecular weight excluding hydrogens is 432 g/mol. The van der Waals surface area contributed by atoms with Gasteiger partial charge in [-0.2, -0.15) is 0 Å². The van der Waals surface area contributed by atoms with Gasteiger partial charge < -0.3 is 10.2 Å². The van der Waals surface area contributed by atoms with Crippen LogP contribution in [-0.4, -0.2) is 39.8 Å². The Balaban J connectivity index is 1.45. The number of rotatable bonds is 4. The van der Waals surface area contributed by atoms with Crippen LogP contribution in [-0.2, 0) is 4.79 Å². The Hall–Kier alpha value is -2.77. The van der Waals surface area contributed by atoms with E-state index < -0.39 is 0 Å². The molecule has 4 rings (SSSR count). The second-order valence-electron chi connectivity index (χ2n) is 7.72. The normalized spacial score (nSPS) is 16.2. The number of nitrogens with zero attached hydrogens (tertiary/aromatic N) is 3. The Morgan fingerprint density at radius 1 is 1.26 bits per heavy atom. The van der Waals surface area contributed by atoms with Crippen LogP contribution in [0.2, 0.25) is 5.02 Å². The number of pyridine rings is 1. The fourth-order valence-corrected chi connectivity index (χ4v) is 4.85. The lowest BCUT2D eigenvalue weighted by Gasteiger charge is -2.31. The quantitative estimate of drug-likeness (QED) is 0.604. The predicted molar refractivity (Wildman–Crippen MR) is 124 cm³/mol. The molecule has 1 saturated heterocycles. The zero-order valence-electron chi connectivity index (χ0n) is 17.4. The summed E-state index contributed by atoms with van der Waals surface area (Å²) in [6.45, 7) is 4.79. The van der Waals surface area contributed by atoms with E-state index in [1.807, 2.05) is 38.1 Å². The van der Waals surface area contributed by atoms with Gasteiger partial charge in [0.2, 0.25) is 5.91 Å². The number of piperidine rings is 1. The first-order valence-corrected chi connectivity index (χ1v) is 11.4. The fraction of sp³-hybridized carbons (Fsp3) is 0.304. The van der Waals surface area contributed by atoms with Gasteiger partial charge in [0.15, 0.2) is 0 Å². The third-order valence-electron chi connectivity index (χ3n) is 5.42. The maximum atomic E-state index is 13.2. The summed E-state index contributed by atoms with van der Waals surface area (Å²) in [7, 11) is 0. The third kappa shape index (κ3) is 4.78. The largest absolute Gasteiger partial charge is 0.337 e. The van der Waals surface area contributed by atoms with Gasteiger partial charge in [-0.05, 0) is 56.5 Å². The summed E-state index contributed by atoms with van der Waals surface area (Å²) in [5, 5.41) is 4.33. The monoisotopic (exact) mass is 454 g/mol. The van der Waals surface area contributed by atoms with E-state index in [4.69, 9.17) is 11.6 Å². The van der Waals surface area contributed by atoms with Crippen LogP contribution in [0.1, 0.15) is 33.8 Å². The van der Waals surface area contributed by atoms with Gasteiger partial charge in [0.1, 0.15) is 9.88 Å². The number of hydrogen-bond acceptors (Lipinski definition) is 5. The molecule has 3 heterocycles. The average Bonchev–Trinajstić information content (AvgIpc) is 3.18. The number of carbonyl (C=O) groups is 2. The molecule has 1 N–H and O–H groups in total. The van der Waals surface area contributed by atoms with E-state index >= 15 is 0 Å². The second-order valence-corrected chi connectivity index (χ2v) is 9.13. The van der Waals surface area contributed by atoms with E-state index in [1.165, 1.54) is 11.3 Å². The fourth-order valence-electron chi connectivity index (χ4n) is 3.64. The highest BCUT2D eigenvalue weighted by molar-refractivity contribution is 7.17. The Morgan fingerprint density at radius 3 is 2.84 bits per heavy atom. The minimum atomic E-state index is -0.260. The lowest BCUT2D eigenvalue weighted by atomic mass is 9.96. The van der Waals surface area contributed by atoms with Crippen LogP contribution in [0.5, 0.6) is 0 Å². The van der Waals surface area contributed by atoms with E-state index in [1.54, 1.807) is 23.4 Å². The van der Waals surface area contributed by atoms with Crippen molar-refractivity contribution in [2.45, 2.75) is 26.7 Å². The van der Waals surface area contributed by atoms with Gasteiger partial charge in [0.05, 0.1) is 11.6 Å². The number of halogens is 1. The molecule has 1 aliphatic rings. The number of nitrogens with one attached hydrogen (secondary N) is 1. The predicted octanol–water partition coefficient (Wildman–Crippen LogP) is 4.97. The topological polar surface area (TPSA) is 75.2 Å². The van der Waals surface area contributed by atoms with E-state index in [2.05, 4.69) is 15.3 Å². The highest BCUT2D eigenvalue weighted by Gasteiger charge is 2.31. The van der Waals surface area contributed by atoms with Crippen molar-refractivity contribution < 1.29 is 9.59 Å². The van der Waals surface area contributed by atoms with Gasteiger partial charge in [-0.3, -0.25) is 14.6 Å². The van der Waals surface area contributed by atoms with Crippen molar-refractivity contribution in [3.63, 3.8) is 0 Å². The summed E-state index contributed by atoms with van der Waals surface area (Å²) in [6, 6.07) is 9.24. The summed E-state index contributed by atoms with van der Waals surface area (Å²) in [5.41, 5.74) is 3.22. The number of amides is 2. The van der Waals surface area contributed by atoms with E-state index in [9.17, 15) is 9.59 Å². The number of hydrogen-bond donors (Lipinski definition) is 1. The Morgan fingerprint density at radius 2 is 2.10 bits per heavy atom. The van der Waals surface area contributed by atoms with Crippen molar-refractivity contribution in [3.05, 3.63) is 63.9 Å². The summed E-state index contributed by atoms with van der Waals surface area (Å²) >= 11 is 7.54. The number of anilines is 1. The summed E-state index contributed by atoms with van der Waals surface area (Å²) in [5.74, 6) is -0.417. The highest BCUT2D eigenvalue weighted by atomic mass is 35.5. The van der Waals surface area contributed by atoms with Gasteiger partial charge in [-0.15, -0.1) is 11.3 Å². The Bertz CT molecular complexity index is 1120. The zero-order chi connectivity index (χ0) is 22.0. The van der Waals surface area contributed by atoms with Crippen molar-refractivity contribution >= 4 is 40.4 Å². The number of aryl methyl sites for hydroxylation is 2. The first-order chi connectivity index (χ1) is 14.9. The zero-order valence-corrected chi connectivity index (χ0v) is 19.0. The van der Waals surface area contributed by atoms with E-state index in [-0.39, 0.29) is 17.7 Å². The lowest BCUT2D eigenvalue weighted by Crippen LogP contribution is -2.43. The molecule has 1 aliphatic heterocycles. The smallest absolute Gasteiger partial charge is 0.265 e. The number of aromatic nitrogens is 2. The van der Waals surface area contributed by atoms with Gasteiger partial charge >= 0.3 is 0 Å². The van der Waals surface area contributed by atoms with Crippen LogP contribution in [0, 0.1) is 19.8 Å². The number of likely N-dealkylation sites (tertiary alicyclic amines) is 1. The molecule has 0 aliphatic carbocycles. The molecule has 2 amide bonds. The van der Waals surface area contributed by atoms with Crippen LogP contribution >= 0.6 is 22.9 Å². The van der Waals surface area contributed by atoms with Crippen molar-refractivity contribution in [2.24, 2.45) is 5.92 Å². The van der Waals surface area contributed by atoms with Gasteiger partial charge in [0, 0.05) is 41.8 Å². The minimum Gasteiger partial charge on any atom is -0.337 e. The van der Waals surface area contributed by atoms with Crippen LogP contribution in [0.4, 0.5) is 5.69 Å². The molecular formula is C23H23ClN4O2S. The summed E-state index contributed by atoms with van der Waals surface area (Å²) in [6.07, 6.45) is 4.98. The molecule has 31 heavy (non-hydrogen) atoms. The van der Waals surface area contributed by atoms with E-state index in [0.29, 0.717) is 34.4 Å². The molecule has 1 aromatic carbocycles. The Labute approximate surface area is 190 Å². The summed E-state index contributed by atoms with van der Waals surface area (Å²) < 4.78 is 0. The Kier molecular flexibility index (Phi) is 6.34. The van der Waals surface area contributed by atoms with Crippen LogP contribution in [0.3, 0.4) is 0 Å². The third-order valence-corrected chi connectivity index (χ3v) is 7.02. The van der Waals surface area contributed by atoms with Gasteiger partial charge in [-0.1, -0.05) is 17.7 Å². The molecule has 1 atom stereocenters. The standard InChI is InChI=1S/C23H23ClN4O2S/c1-14-7-8-18(11-19(14)24)27-21(29)17-6-4-10-28(13-17)23(30)20-15(2)26-22(31-20)16-5-3-9-25-12-16/h3,5,7-9,11-12,17H,4,6,10,13H2,1-2H3,(H,27,29). The van der Waals surface area contributed by atoms with Crippen LogP contribution < -0.4 is 5.32 Å². The van der Waals surface area contributed by atoms with Crippen LogP contribution in [0.25, 0.3) is 10.6 Å². The molecule has 3 aromatic rings. The van der Waals surface area contributed by atoms with Gasteiger partial charge in [-0.25, -0.2) is 4.98 Å². The molecule has 0 bridgehead atoms. The molecule has 1 fully saturated rings. The number of thiazole rings is 1. The number of benzene rings is 1. The van der Waals surface area contributed by atoms with Crippen molar-refractivity contribution in [1.82, 2.24) is 14.9 Å². The molecule has 6 nitrogen and oxygen atoms in total. The maximum absolute atomic E-state index is 13.2. The van der Waals surface area contributed by atoms with Crippen LogP contribution in [0.15, 0.2) is 42.7 Å². The molecule has 1 unspecified atom stereocenters. The molecule has 0 radical (unpaired) electrons. The first kappa shape index (κ1) is 21.5. The molecule has 0 saturated carbocycles. The average molecular weight is 455 g/mol. The minimum absolute atomic E-state index is 0.0685. The maximum Gasteiger partial charge on any atom is 0.265 e. The highest BCUT2D eigenvalue weighted by Crippen LogP contribution is 2.30. The molecule has 160 valence electrons. The van der Waals surface area contributed by atoms with Crippen molar-refractivity contribution in [1.29, 1.82) is 0 Å². The molecule has 8 heteroatoms. The molecule has 0 spiro atoms. The number of carbonyl (C=O) groups excluding carboxylic acids is 2. The second kappa shape index (κ2) is 9.16. The lowest BCUT2D eigenvalue weighted by molar-refractivity contribution is -0.121. The summed E-state index contributed by atoms with van der Waals surface area (Å²) in [4.78, 5) is 37.1. The SMILES string of the molecule is Cc1ccc(NC(=O)C2CCCN(C(=O)c3sc(-c4cccnc4)nc3C)C2)cc1Cl. The van der Waals surface area contributed by atoms with Gasteiger partial charge in [0.25, 0.3) is 5.91 Å². The first-order valence-electron chi connectivity index (χ1n) is 10.2. The van der Waals surface area contributed by atoms with E-state index in [0.717, 1.165) is 29.0 Å². The van der Waals surface area contributed by atoms with Crippen molar-refractivity contribution in [3.8, 4) is 10.6 Å². The molecule has 2 aromatic heterocycles.